The molecule has 1 heterocycles. The lowest BCUT2D eigenvalue weighted by Crippen LogP contribution is -2.21. The zero-order valence-electron chi connectivity index (χ0n) is 9.08. The van der Waals surface area contributed by atoms with Gasteiger partial charge in [-0.05, 0) is 26.8 Å². The Bertz CT molecular complexity index is 273. The molecule has 1 atom stereocenters. The summed E-state index contributed by atoms with van der Waals surface area (Å²) in [5, 5.41) is 0. The lowest BCUT2D eigenvalue weighted by atomic mass is 10.3. The van der Waals surface area contributed by atoms with Crippen molar-refractivity contribution in [1.82, 2.24) is 0 Å². The fraction of sp³-hybridized carbons (Fsp3) is 0.700. The Hall–Kier alpha value is -0.940. The zero-order valence-corrected chi connectivity index (χ0v) is 9.08. The van der Waals surface area contributed by atoms with Gasteiger partial charge in [-0.2, -0.15) is 4.39 Å². The molecule has 1 aliphatic heterocycles. The molecule has 0 aromatic heterocycles. The third-order valence-corrected chi connectivity index (χ3v) is 1.83. The lowest BCUT2D eigenvalue weighted by Gasteiger charge is -2.15. The van der Waals surface area contributed by atoms with E-state index in [1.165, 1.54) is 0 Å². The van der Waals surface area contributed by atoms with E-state index in [1.54, 1.807) is 20.8 Å². The smallest absolute Gasteiger partial charge is 0.366 e. The molecule has 0 bridgehead atoms. The number of hydrogen-bond acceptors (Lipinski definition) is 4. The summed E-state index contributed by atoms with van der Waals surface area (Å²) in [6, 6.07) is 0. The summed E-state index contributed by atoms with van der Waals surface area (Å²) in [7, 11) is 0. The number of carbonyl (C=O) groups is 1. The summed E-state index contributed by atoms with van der Waals surface area (Å²) < 4.78 is 28.1. The van der Waals surface area contributed by atoms with Crippen LogP contribution < -0.4 is 0 Å². The Kier molecular flexibility index (Phi) is 3.82. The molecule has 0 spiro atoms. The van der Waals surface area contributed by atoms with Crippen LogP contribution in [0.25, 0.3) is 0 Å². The summed E-state index contributed by atoms with van der Waals surface area (Å²) in [5.74, 6) is -2.63. The minimum absolute atomic E-state index is 0.146. The molecule has 4 nitrogen and oxygen atoms in total. The third kappa shape index (κ3) is 3.60. The van der Waals surface area contributed by atoms with Crippen LogP contribution in [-0.2, 0) is 19.0 Å². The van der Waals surface area contributed by atoms with Crippen LogP contribution in [0.4, 0.5) is 4.39 Å². The molecule has 0 aromatic rings. The SMILES string of the molecule is CCOC(=O)/C(F)=C/[C@H]1COC(C)(C)O1. The van der Waals surface area contributed by atoms with E-state index in [1.807, 2.05) is 0 Å². The van der Waals surface area contributed by atoms with Crippen LogP contribution in [0.2, 0.25) is 0 Å². The molecule has 5 heteroatoms. The number of rotatable bonds is 3. The molecule has 0 N–H and O–H groups in total. The predicted octanol–water partition coefficient (Wildman–Crippen LogP) is 1.55. The van der Waals surface area contributed by atoms with E-state index in [-0.39, 0.29) is 13.2 Å². The third-order valence-electron chi connectivity index (χ3n) is 1.83. The van der Waals surface area contributed by atoms with Crippen molar-refractivity contribution in [1.29, 1.82) is 0 Å². The second-order valence-electron chi connectivity index (χ2n) is 3.60. The number of hydrogen-bond donors (Lipinski definition) is 0. The van der Waals surface area contributed by atoms with Gasteiger partial charge in [-0.3, -0.25) is 0 Å². The van der Waals surface area contributed by atoms with Crippen molar-refractivity contribution in [2.45, 2.75) is 32.7 Å². The van der Waals surface area contributed by atoms with Gasteiger partial charge in [-0.25, -0.2) is 4.79 Å². The monoisotopic (exact) mass is 218 g/mol. The van der Waals surface area contributed by atoms with Crippen molar-refractivity contribution < 1.29 is 23.4 Å². The number of halogens is 1. The highest BCUT2D eigenvalue weighted by Crippen LogP contribution is 2.23. The van der Waals surface area contributed by atoms with E-state index < -0.39 is 23.7 Å². The minimum atomic E-state index is -0.967. The molecule has 1 fully saturated rings. The molecule has 1 saturated heterocycles. The Morgan fingerprint density at radius 2 is 2.33 bits per heavy atom. The molecular weight excluding hydrogens is 203 g/mol. The van der Waals surface area contributed by atoms with Gasteiger partial charge in [-0.1, -0.05) is 0 Å². The average molecular weight is 218 g/mol. The fourth-order valence-electron chi connectivity index (χ4n) is 1.23. The molecule has 0 radical (unpaired) electrons. The first-order valence-electron chi connectivity index (χ1n) is 4.81. The van der Waals surface area contributed by atoms with Crippen molar-refractivity contribution in [2.24, 2.45) is 0 Å². The molecule has 1 rings (SSSR count). The van der Waals surface area contributed by atoms with E-state index in [9.17, 15) is 9.18 Å². The molecule has 0 amide bonds. The maximum Gasteiger partial charge on any atom is 0.366 e. The van der Waals surface area contributed by atoms with Crippen molar-refractivity contribution in [3.8, 4) is 0 Å². The molecule has 0 saturated carbocycles. The largest absolute Gasteiger partial charge is 0.461 e. The van der Waals surface area contributed by atoms with Crippen molar-refractivity contribution in [3.63, 3.8) is 0 Å². The van der Waals surface area contributed by atoms with Gasteiger partial charge >= 0.3 is 5.97 Å². The number of esters is 1. The second-order valence-corrected chi connectivity index (χ2v) is 3.60. The van der Waals surface area contributed by atoms with E-state index >= 15 is 0 Å². The minimum Gasteiger partial charge on any atom is -0.461 e. The van der Waals surface area contributed by atoms with Crippen molar-refractivity contribution in [2.75, 3.05) is 13.2 Å². The fourth-order valence-corrected chi connectivity index (χ4v) is 1.23. The van der Waals surface area contributed by atoms with Crippen LogP contribution >= 0.6 is 0 Å². The van der Waals surface area contributed by atoms with Gasteiger partial charge in [0.05, 0.1) is 13.2 Å². The quantitative estimate of drug-likeness (QED) is 0.532. The lowest BCUT2D eigenvalue weighted by molar-refractivity contribution is -0.141. The van der Waals surface area contributed by atoms with Crippen LogP contribution in [0.1, 0.15) is 20.8 Å². The number of carbonyl (C=O) groups excluding carboxylic acids is 1. The van der Waals surface area contributed by atoms with E-state index in [0.29, 0.717) is 0 Å². The summed E-state index contributed by atoms with van der Waals surface area (Å²) in [4.78, 5) is 10.9. The van der Waals surface area contributed by atoms with Crippen molar-refractivity contribution in [3.05, 3.63) is 11.9 Å². The molecule has 86 valence electrons. The first kappa shape index (κ1) is 12.1. The molecule has 15 heavy (non-hydrogen) atoms. The van der Waals surface area contributed by atoms with Crippen LogP contribution in [0.15, 0.2) is 11.9 Å². The van der Waals surface area contributed by atoms with Gasteiger partial charge < -0.3 is 14.2 Å². The van der Waals surface area contributed by atoms with Crippen LogP contribution in [0.5, 0.6) is 0 Å². The summed E-state index contributed by atoms with van der Waals surface area (Å²) >= 11 is 0. The van der Waals surface area contributed by atoms with E-state index in [2.05, 4.69) is 4.74 Å². The zero-order chi connectivity index (χ0) is 11.5. The molecule has 0 aliphatic carbocycles. The Labute approximate surface area is 88.0 Å². The summed E-state index contributed by atoms with van der Waals surface area (Å²) in [5.41, 5.74) is 0. The molecular formula is C10H15FO4. The average Bonchev–Trinajstić information content (AvgIpc) is 2.46. The molecule has 0 aromatic carbocycles. The maximum atomic E-state index is 13.1. The van der Waals surface area contributed by atoms with E-state index in [4.69, 9.17) is 9.47 Å². The summed E-state index contributed by atoms with van der Waals surface area (Å²) in [6.07, 6.45) is 0.539. The molecule has 1 aliphatic rings. The highest BCUT2D eigenvalue weighted by molar-refractivity contribution is 5.85. The highest BCUT2D eigenvalue weighted by atomic mass is 19.1. The summed E-state index contributed by atoms with van der Waals surface area (Å²) in [6.45, 7) is 5.45. The Balaban J connectivity index is 2.53. The standard InChI is InChI=1S/C10H15FO4/c1-4-13-9(12)8(11)5-7-6-14-10(2,3)15-7/h5,7H,4,6H2,1-3H3/b8-5-/t7-/m0/s1. The topological polar surface area (TPSA) is 44.8 Å². The van der Waals surface area contributed by atoms with Gasteiger partial charge in [0.25, 0.3) is 0 Å². The molecule has 0 unspecified atom stereocenters. The first-order valence-corrected chi connectivity index (χ1v) is 4.81. The van der Waals surface area contributed by atoms with Gasteiger partial charge in [0.1, 0.15) is 6.10 Å². The van der Waals surface area contributed by atoms with Crippen molar-refractivity contribution >= 4 is 5.97 Å². The predicted molar refractivity (Wildman–Crippen MR) is 50.7 cm³/mol. The van der Waals surface area contributed by atoms with Gasteiger partial charge in [-0.15, -0.1) is 0 Å². The Morgan fingerprint density at radius 3 is 2.80 bits per heavy atom. The van der Waals surface area contributed by atoms with Crippen LogP contribution in [0, 0.1) is 0 Å². The van der Waals surface area contributed by atoms with Gasteiger partial charge in [0.2, 0.25) is 5.83 Å². The van der Waals surface area contributed by atoms with Gasteiger partial charge in [0.15, 0.2) is 5.79 Å². The van der Waals surface area contributed by atoms with E-state index in [0.717, 1.165) is 6.08 Å². The van der Waals surface area contributed by atoms with Crippen LogP contribution in [-0.4, -0.2) is 31.1 Å². The normalized spacial score (nSPS) is 25.3. The maximum absolute atomic E-state index is 13.1. The first-order chi connectivity index (χ1) is 6.94. The van der Waals surface area contributed by atoms with Gasteiger partial charge in [0, 0.05) is 0 Å². The number of ether oxygens (including phenoxy) is 3. The highest BCUT2D eigenvalue weighted by Gasteiger charge is 2.32. The van der Waals surface area contributed by atoms with Crippen LogP contribution in [0.3, 0.4) is 0 Å². The second kappa shape index (κ2) is 4.72. The Morgan fingerprint density at radius 1 is 1.67 bits per heavy atom.